The Morgan fingerprint density at radius 1 is 1.35 bits per heavy atom. The fourth-order valence-corrected chi connectivity index (χ4v) is 1.88. The Balaban J connectivity index is 2.96. The molecule has 0 bridgehead atoms. The van der Waals surface area contributed by atoms with Gasteiger partial charge < -0.3 is 10.1 Å². The maximum atomic E-state index is 5.53. The highest BCUT2D eigenvalue weighted by molar-refractivity contribution is 14.1. The zero-order valence-corrected chi connectivity index (χ0v) is 13.0. The molecular weight excluding hydrogens is 329 g/mol. The van der Waals surface area contributed by atoms with Gasteiger partial charge in [-0.15, -0.1) is 0 Å². The number of nitrogens with zero attached hydrogens (tertiary/aromatic N) is 2. The van der Waals surface area contributed by atoms with Crippen LogP contribution in [0.5, 0.6) is 0 Å². The van der Waals surface area contributed by atoms with E-state index < -0.39 is 0 Å². The van der Waals surface area contributed by atoms with E-state index in [1.165, 1.54) is 0 Å². The van der Waals surface area contributed by atoms with Crippen LogP contribution >= 0.6 is 22.6 Å². The topological polar surface area (TPSA) is 47.0 Å². The third kappa shape index (κ3) is 4.06. The van der Waals surface area contributed by atoms with E-state index in [0.29, 0.717) is 6.61 Å². The quantitative estimate of drug-likeness (QED) is 0.801. The molecule has 0 fully saturated rings. The Hall–Kier alpha value is -0.430. The Bertz CT molecular complexity index is 371. The molecule has 17 heavy (non-hydrogen) atoms. The van der Waals surface area contributed by atoms with Crippen molar-refractivity contribution in [1.29, 1.82) is 0 Å². The number of aromatic nitrogens is 2. The molecule has 96 valence electrons. The van der Waals surface area contributed by atoms with Crippen LogP contribution in [-0.2, 0) is 4.74 Å². The van der Waals surface area contributed by atoms with Crippen molar-refractivity contribution in [2.75, 3.05) is 18.5 Å². The second-order valence-electron chi connectivity index (χ2n) is 3.85. The van der Waals surface area contributed by atoms with Crippen molar-refractivity contribution in [3.05, 3.63) is 15.1 Å². The Morgan fingerprint density at radius 2 is 2.06 bits per heavy atom. The highest BCUT2D eigenvalue weighted by Crippen LogP contribution is 2.22. The molecule has 0 amide bonds. The average Bonchev–Trinajstić information content (AvgIpc) is 2.31. The predicted octanol–water partition coefficient (Wildman–Crippen LogP) is 3.31. The van der Waals surface area contributed by atoms with E-state index in [4.69, 9.17) is 4.74 Å². The third-order valence-corrected chi connectivity index (χ3v) is 3.65. The molecular formula is C12H20IN3O. The zero-order valence-electron chi connectivity index (χ0n) is 10.9. The van der Waals surface area contributed by atoms with Gasteiger partial charge in [-0.3, -0.25) is 0 Å². The van der Waals surface area contributed by atoms with Crippen LogP contribution in [0, 0.1) is 10.5 Å². The number of aryl methyl sites for hydroxylation is 1. The van der Waals surface area contributed by atoms with E-state index in [1.54, 1.807) is 0 Å². The van der Waals surface area contributed by atoms with Gasteiger partial charge in [-0.1, -0.05) is 6.92 Å². The Labute approximate surface area is 117 Å². The Kier molecular flexibility index (Phi) is 6.11. The van der Waals surface area contributed by atoms with Crippen molar-refractivity contribution in [3.63, 3.8) is 0 Å². The van der Waals surface area contributed by atoms with Crippen molar-refractivity contribution in [3.8, 4) is 0 Å². The van der Waals surface area contributed by atoms with Crippen LogP contribution < -0.4 is 5.32 Å². The lowest BCUT2D eigenvalue weighted by atomic mass is 10.3. The molecule has 0 radical (unpaired) electrons. The average molecular weight is 349 g/mol. The second-order valence-corrected chi connectivity index (χ2v) is 4.93. The molecule has 1 aromatic heterocycles. The summed E-state index contributed by atoms with van der Waals surface area (Å²) in [6.45, 7) is 9.70. The van der Waals surface area contributed by atoms with Crippen molar-refractivity contribution < 1.29 is 4.74 Å². The maximum absolute atomic E-state index is 5.53. The minimum absolute atomic E-state index is 0.0575. The van der Waals surface area contributed by atoms with E-state index >= 15 is 0 Å². The number of halogens is 1. The zero-order chi connectivity index (χ0) is 12.8. The molecule has 0 saturated carbocycles. The number of rotatable bonds is 6. The number of hydrogen-bond acceptors (Lipinski definition) is 4. The molecule has 0 aliphatic carbocycles. The molecule has 0 aliphatic rings. The highest BCUT2D eigenvalue weighted by Gasteiger charge is 2.14. The van der Waals surface area contributed by atoms with Crippen molar-refractivity contribution in [2.45, 2.75) is 40.2 Å². The van der Waals surface area contributed by atoms with E-state index in [2.05, 4.69) is 44.8 Å². The van der Waals surface area contributed by atoms with Crippen LogP contribution in [0.25, 0.3) is 0 Å². The van der Waals surface area contributed by atoms with Crippen LogP contribution in [0.3, 0.4) is 0 Å². The predicted molar refractivity (Wildman–Crippen MR) is 78.3 cm³/mol. The van der Waals surface area contributed by atoms with Gasteiger partial charge in [-0.25, -0.2) is 9.97 Å². The Morgan fingerprint density at radius 3 is 2.65 bits per heavy atom. The van der Waals surface area contributed by atoms with Crippen LogP contribution in [-0.4, -0.2) is 23.1 Å². The fourth-order valence-electron chi connectivity index (χ4n) is 1.45. The van der Waals surface area contributed by atoms with Gasteiger partial charge in [0.1, 0.15) is 11.9 Å². The summed E-state index contributed by atoms with van der Waals surface area (Å²) in [6, 6.07) is 0. The van der Waals surface area contributed by atoms with Crippen molar-refractivity contribution >= 4 is 28.4 Å². The molecule has 0 aromatic carbocycles. The number of nitrogens with one attached hydrogen (secondary N) is 1. The SMILES string of the molecule is CCCNc1nc(C(C)OCC)nc(C)c1I. The third-order valence-electron chi connectivity index (χ3n) is 2.36. The van der Waals surface area contributed by atoms with Crippen molar-refractivity contribution in [2.24, 2.45) is 0 Å². The molecule has 5 heteroatoms. The van der Waals surface area contributed by atoms with Gasteiger partial charge >= 0.3 is 0 Å². The smallest absolute Gasteiger partial charge is 0.159 e. The molecule has 0 aliphatic heterocycles. The van der Waals surface area contributed by atoms with Crippen LogP contribution in [0.4, 0.5) is 5.82 Å². The molecule has 1 unspecified atom stereocenters. The number of anilines is 1. The van der Waals surface area contributed by atoms with Crippen LogP contribution in [0.2, 0.25) is 0 Å². The normalized spacial score (nSPS) is 12.5. The largest absolute Gasteiger partial charge is 0.371 e. The summed E-state index contributed by atoms with van der Waals surface area (Å²) in [5.74, 6) is 1.67. The fraction of sp³-hybridized carbons (Fsp3) is 0.667. The van der Waals surface area contributed by atoms with Crippen LogP contribution in [0.15, 0.2) is 0 Å². The molecule has 1 N–H and O–H groups in total. The minimum atomic E-state index is -0.0575. The van der Waals surface area contributed by atoms with Gasteiger partial charge in [-0.05, 0) is 49.8 Å². The van der Waals surface area contributed by atoms with Crippen molar-refractivity contribution in [1.82, 2.24) is 9.97 Å². The minimum Gasteiger partial charge on any atom is -0.371 e. The lowest BCUT2D eigenvalue weighted by Gasteiger charge is -2.14. The summed E-state index contributed by atoms with van der Waals surface area (Å²) in [5, 5.41) is 3.33. The lowest BCUT2D eigenvalue weighted by molar-refractivity contribution is 0.0700. The van der Waals surface area contributed by atoms with Crippen LogP contribution in [0.1, 0.15) is 44.8 Å². The first-order valence-corrected chi connectivity index (χ1v) is 7.07. The van der Waals surface area contributed by atoms with Gasteiger partial charge in [0.25, 0.3) is 0 Å². The van der Waals surface area contributed by atoms with E-state index in [0.717, 1.165) is 33.9 Å². The molecule has 1 heterocycles. The van der Waals surface area contributed by atoms with E-state index in [1.807, 2.05) is 20.8 Å². The van der Waals surface area contributed by atoms with E-state index in [9.17, 15) is 0 Å². The summed E-state index contributed by atoms with van der Waals surface area (Å²) in [7, 11) is 0. The lowest BCUT2D eigenvalue weighted by Crippen LogP contribution is -2.12. The molecule has 1 aromatic rings. The maximum Gasteiger partial charge on any atom is 0.159 e. The molecule has 1 rings (SSSR count). The van der Waals surface area contributed by atoms with Gasteiger partial charge in [0, 0.05) is 13.2 Å². The summed E-state index contributed by atoms with van der Waals surface area (Å²) in [6.07, 6.45) is 1.02. The number of hydrogen-bond donors (Lipinski definition) is 1. The highest BCUT2D eigenvalue weighted by atomic mass is 127. The monoisotopic (exact) mass is 349 g/mol. The molecule has 1 atom stereocenters. The summed E-state index contributed by atoms with van der Waals surface area (Å²) in [5.41, 5.74) is 1.00. The standard InChI is InChI=1S/C12H20IN3O/c1-5-7-14-12-10(13)8(3)15-11(16-12)9(4)17-6-2/h9H,5-7H2,1-4H3,(H,14,15,16). The van der Waals surface area contributed by atoms with Gasteiger partial charge in [0.05, 0.1) is 9.26 Å². The van der Waals surface area contributed by atoms with Gasteiger partial charge in [0.15, 0.2) is 5.82 Å². The van der Waals surface area contributed by atoms with Gasteiger partial charge in [0.2, 0.25) is 0 Å². The first-order valence-electron chi connectivity index (χ1n) is 5.99. The molecule has 0 spiro atoms. The summed E-state index contributed by atoms with van der Waals surface area (Å²) < 4.78 is 6.61. The second kappa shape index (κ2) is 7.10. The molecule has 0 saturated heterocycles. The van der Waals surface area contributed by atoms with E-state index in [-0.39, 0.29) is 6.10 Å². The summed E-state index contributed by atoms with van der Waals surface area (Å²) in [4.78, 5) is 9.01. The number of ether oxygens (including phenoxy) is 1. The van der Waals surface area contributed by atoms with Gasteiger partial charge in [-0.2, -0.15) is 0 Å². The first kappa shape index (κ1) is 14.6. The first-order chi connectivity index (χ1) is 8.10. The molecule has 4 nitrogen and oxygen atoms in total. The summed E-state index contributed by atoms with van der Waals surface area (Å²) >= 11 is 2.28.